The minimum Gasteiger partial charge on any atom is -0.379 e. The van der Waals surface area contributed by atoms with Crippen molar-refractivity contribution < 1.29 is 9.13 Å². The van der Waals surface area contributed by atoms with Crippen molar-refractivity contribution in [3.05, 3.63) is 35.8 Å². The summed E-state index contributed by atoms with van der Waals surface area (Å²) in [6, 6.07) is 5.99. The van der Waals surface area contributed by atoms with Gasteiger partial charge in [0.15, 0.2) is 0 Å². The summed E-state index contributed by atoms with van der Waals surface area (Å²) in [5.74, 6) is 0.487. The number of fused-ring (bicyclic) bond motifs is 1. The largest absolute Gasteiger partial charge is 0.379 e. The number of halogens is 2. The predicted octanol–water partition coefficient (Wildman–Crippen LogP) is 3.02. The zero-order valence-corrected chi connectivity index (χ0v) is 15.2. The molecule has 2 aliphatic rings. The molecule has 0 radical (unpaired) electrons. The molecule has 0 amide bonds. The van der Waals surface area contributed by atoms with Crippen LogP contribution in [0.5, 0.6) is 0 Å². The van der Waals surface area contributed by atoms with Gasteiger partial charge in [-0.25, -0.2) is 4.39 Å². The van der Waals surface area contributed by atoms with Crippen molar-refractivity contribution in [1.29, 1.82) is 0 Å². The van der Waals surface area contributed by atoms with E-state index in [0.29, 0.717) is 18.0 Å². The highest BCUT2D eigenvalue weighted by Gasteiger charge is 2.34. The average Bonchev–Trinajstić information content (AvgIpc) is 3.23. The molecule has 1 aliphatic carbocycles. The monoisotopic (exact) mass is 367 g/mol. The number of benzene rings is 1. The van der Waals surface area contributed by atoms with Crippen LogP contribution in [0.4, 0.5) is 4.39 Å². The molecule has 6 heteroatoms. The van der Waals surface area contributed by atoms with Gasteiger partial charge in [0.1, 0.15) is 5.82 Å². The van der Waals surface area contributed by atoms with Gasteiger partial charge >= 0.3 is 0 Å². The van der Waals surface area contributed by atoms with Crippen LogP contribution >= 0.6 is 12.4 Å². The fourth-order valence-electron chi connectivity index (χ4n) is 4.33. The number of ether oxygens (including phenoxy) is 1. The molecule has 1 aliphatic heterocycles. The maximum Gasteiger partial charge on any atom is 0.123 e. The lowest BCUT2D eigenvalue weighted by molar-refractivity contribution is 0.0526. The maximum atomic E-state index is 13.5. The van der Waals surface area contributed by atoms with E-state index in [-0.39, 0.29) is 18.2 Å². The number of rotatable bonds is 5. The Morgan fingerprint density at radius 1 is 1.28 bits per heavy atom. The Bertz CT molecular complexity index is 686. The molecule has 1 aromatic heterocycles. The Hall–Kier alpha value is -1.14. The Morgan fingerprint density at radius 2 is 2.20 bits per heavy atom. The average molecular weight is 368 g/mol. The van der Waals surface area contributed by atoms with Gasteiger partial charge in [-0.15, -0.1) is 12.4 Å². The Balaban J connectivity index is 0.00000182. The van der Waals surface area contributed by atoms with Crippen molar-refractivity contribution in [1.82, 2.24) is 15.6 Å². The van der Waals surface area contributed by atoms with Crippen LogP contribution in [-0.4, -0.2) is 43.4 Å². The molecule has 3 atom stereocenters. The molecular weight excluding hydrogens is 341 g/mol. The molecule has 2 aromatic rings. The molecule has 4 nitrogen and oxygen atoms in total. The van der Waals surface area contributed by atoms with Crippen molar-refractivity contribution in [2.24, 2.45) is 5.92 Å². The zero-order valence-electron chi connectivity index (χ0n) is 14.4. The third-order valence-corrected chi connectivity index (χ3v) is 5.57. The topological polar surface area (TPSA) is 49.1 Å². The summed E-state index contributed by atoms with van der Waals surface area (Å²) in [7, 11) is 0. The van der Waals surface area contributed by atoms with E-state index in [0.717, 1.165) is 43.6 Å². The molecule has 0 spiro atoms. The van der Waals surface area contributed by atoms with Crippen LogP contribution in [0.3, 0.4) is 0 Å². The van der Waals surface area contributed by atoms with Gasteiger partial charge < -0.3 is 20.4 Å². The molecule has 0 bridgehead atoms. The van der Waals surface area contributed by atoms with Gasteiger partial charge in [-0.05, 0) is 55.5 Å². The standard InChI is InChI=1S/C19H26FN3O.ClH/c20-14-4-5-18-16(10-14)13(11-23-18)6-7-21-17-3-1-2-15(17)19-12-24-9-8-22-19;/h4-5,10-11,15,17,19,21-23H,1-3,6-9,12H2;1H. The first-order chi connectivity index (χ1) is 11.8. The Kier molecular flexibility index (Phi) is 6.34. The molecule has 25 heavy (non-hydrogen) atoms. The van der Waals surface area contributed by atoms with Crippen LogP contribution in [0.2, 0.25) is 0 Å². The van der Waals surface area contributed by atoms with Crippen molar-refractivity contribution in [2.75, 3.05) is 26.3 Å². The highest BCUT2D eigenvalue weighted by atomic mass is 35.5. The Labute approximate surface area is 154 Å². The van der Waals surface area contributed by atoms with Gasteiger partial charge in [0.25, 0.3) is 0 Å². The number of H-pyrrole nitrogens is 1. The smallest absolute Gasteiger partial charge is 0.123 e. The van der Waals surface area contributed by atoms with E-state index in [2.05, 4.69) is 15.6 Å². The molecule has 4 rings (SSSR count). The van der Waals surface area contributed by atoms with Crippen LogP contribution in [0.1, 0.15) is 24.8 Å². The maximum absolute atomic E-state index is 13.5. The molecule has 3 N–H and O–H groups in total. The number of hydrogen-bond acceptors (Lipinski definition) is 3. The number of morpholine rings is 1. The van der Waals surface area contributed by atoms with E-state index in [1.54, 1.807) is 6.07 Å². The van der Waals surface area contributed by atoms with Crippen molar-refractivity contribution >= 4 is 23.3 Å². The van der Waals surface area contributed by atoms with Crippen molar-refractivity contribution in [2.45, 2.75) is 37.8 Å². The highest BCUT2D eigenvalue weighted by Crippen LogP contribution is 2.29. The molecule has 3 unspecified atom stereocenters. The summed E-state index contributed by atoms with van der Waals surface area (Å²) in [4.78, 5) is 3.23. The summed E-state index contributed by atoms with van der Waals surface area (Å²) in [6.45, 7) is 3.57. The first-order valence-corrected chi connectivity index (χ1v) is 9.11. The minimum absolute atomic E-state index is 0. The van der Waals surface area contributed by atoms with E-state index in [4.69, 9.17) is 4.74 Å². The van der Waals surface area contributed by atoms with E-state index < -0.39 is 0 Å². The number of hydrogen-bond donors (Lipinski definition) is 3. The first kappa shape index (κ1) is 18.6. The minimum atomic E-state index is -0.171. The van der Waals surface area contributed by atoms with Crippen molar-refractivity contribution in [3.8, 4) is 0 Å². The first-order valence-electron chi connectivity index (χ1n) is 9.11. The number of aromatic nitrogens is 1. The lowest BCUT2D eigenvalue weighted by Crippen LogP contribution is -2.51. The van der Waals surface area contributed by atoms with Gasteiger partial charge in [0, 0.05) is 35.7 Å². The molecule has 1 saturated carbocycles. The lowest BCUT2D eigenvalue weighted by Gasteiger charge is -2.33. The zero-order chi connectivity index (χ0) is 16.4. The van der Waals surface area contributed by atoms with Gasteiger partial charge in [0.2, 0.25) is 0 Å². The van der Waals surface area contributed by atoms with Gasteiger partial charge in [0.05, 0.1) is 13.2 Å². The predicted molar refractivity (Wildman–Crippen MR) is 101 cm³/mol. The molecule has 2 heterocycles. The van der Waals surface area contributed by atoms with Crippen LogP contribution in [0.25, 0.3) is 10.9 Å². The number of aromatic amines is 1. The summed E-state index contributed by atoms with van der Waals surface area (Å²) < 4.78 is 19.1. The molecular formula is C19H27ClFN3O. The van der Waals surface area contributed by atoms with E-state index in [9.17, 15) is 4.39 Å². The molecule has 1 aromatic carbocycles. The number of nitrogens with one attached hydrogen (secondary N) is 3. The van der Waals surface area contributed by atoms with Gasteiger partial charge in [-0.3, -0.25) is 0 Å². The fraction of sp³-hybridized carbons (Fsp3) is 0.579. The second-order valence-corrected chi connectivity index (χ2v) is 7.04. The summed E-state index contributed by atoms with van der Waals surface area (Å²) in [6.07, 6.45) is 6.73. The Morgan fingerprint density at radius 3 is 3.04 bits per heavy atom. The van der Waals surface area contributed by atoms with Crippen molar-refractivity contribution in [3.63, 3.8) is 0 Å². The quantitative estimate of drug-likeness (QED) is 0.761. The lowest BCUT2D eigenvalue weighted by atomic mass is 9.94. The van der Waals surface area contributed by atoms with Crippen LogP contribution in [0.15, 0.2) is 24.4 Å². The van der Waals surface area contributed by atoms with E-state index in [1.165, 1.54) is 30.9 Å². The SMILES string of the molecule is Cl.Fc1ccc2[nH]cc(CCNC3CCCC3C3COCCN3)c2c1. The third kappa shape index (κ3) is 4.17. The van der Waals surface area contributed by atoms with E-state index in [1.807, 2.05) is 12.3 Å². The summed E-state index contributed by atoms with van der Waals surface area (Å²) in [5, 5.41) is 8.36. The van der Waals surface area contributed by atoms with Gasteiger partial charge in [-0.1, -0.05) is 6.42 Å². The van der Waals surface area contributed by atoms with Crippen LogP contribution in [0, 0.1) is 11.7 Å². The van der Waals surface area contributed by atoms with Crippen LogP contribution < -0.4 is 10.6 Å². The normalized spacial score (nSPS) is 26.7. The summed E-state index contributed by atoms with van der Waals surface area (Å²) >= 11 is 0. The van der Waals surface area contributed by atoms with E-state index >= 15 is 0 Å². The second kappa shape index (κ2) is 8.49. The van der Waals surface area contributed by atoms with Crippen LogP contribution in [-0.2, 0) is 11.2 Å². The fourth-order valence-corrected chi connectivity index (χ4v) is 4.33. The second-order valence-electron chi connectivity index (χ2n) is 7.04. The highest BCUT2D eigenvalue weighted by molar-refractivity contribution is 5.85. The molecule has 1 saturated heterocycles. The molecule has 2 fully saturated rings. The summed E-state index contributed by atoms with van der Waals surface area (Å²) in [5.41, 5.74) is 2.19. The van der Waals surface area contributed by atoms with Gasteiger partial charge in [-0.2, -0.15) is 0 Å². The molecule has 138 valence electrons. The third-order valence-electron chi connectivity index (χ3n) is 5.57.